The van der Waals surface area contributed by atoms with Crippen molar-refractivity contribution in [3.8, 4) is 5.82 Å². The quantitative estimate of drug-likeness (QED) is 0.863. The van der Waals surface area contributed by atoms with E-state index in [9.17, 15) is 18.0 Å². The molecule has 1 saturated heterocycles. The van der Waals surface area contributed by atoms with Gasteiger partial charge in [-0.15, -0.1) is 0 Å². The average molecular weight is 395 g/mol. The number of amides is 1. The molecule has 0 spiro atoms. The van der Waals surface area contributed by atoms with Crippen LogP contribution in [0.5, 0.6) is 0 Å². The molecule has 0 aliphatic carbocycles. The molecule has 1 aliphatic heterocycles. The van der Waals surface area contributed by atoms with Crippen LogP contribution in [0, 0.1) is 0 Å². The molecule has 1 amide bonds. The Morgan fingerprint density at radius 2 is 2.04 bits per heavy atom. The molecule has 2 aromatic heterocycles. The second kappa shape index (κ2) is 7.90. The summed E-state index contributed by atoms with van der Waals surface area (Å²) in [5, 5.41) is 7.47. The number of carbonyl (C=O) groups excluding carboxylic acids is 1. The zero-order valence-corrected chi connectivity index (χ0v) is 16.1. The van der Waals surface area contributed by atoms with Gasteiger partial charge in [0.05, 0.1) is 23.0 Å². The lowest BCUT2D eigenvalue weighted by molar-refractivity contribution is -0.137. The third-order valence-electron chi connectivity index (χ3n) is 4.99. The van der Waals surface area contributed by atoms with Gasteiger partial charge < -0.3 is 10.2 Å². The number of hydrogen-bond donors (Lipinski definition) is 1. The van der Waals surface area contributed by atoms with E-state index in [0.29, 0.717) is 24.3 Å². The van der Waals surface area contributed by atoms with Crippen molar-refractivity contribution in [2.24, 2.45) is 0 Å². The summed E-state index contributed by atoms with van der Waals surface area (Å²) in [4.78, 5) is 18.8. The van der Waals surface area contributed by atoms with Crippen molar-refractivity contribution in [1.82, 2.24) is 25.0 Å². The second-order valence-corrected chi connectivity index (χ2v) is 7.29. The van der Waals surface area contributed by atoms with Gasteiger partial charge in [0.1, 0.15) is 0 Å². The average Bonchev–Trinajstić information content (AvgIpc) is 3.12. The van der Waals surface area contributed by atoms with Crippen LogP contribution in [-0.4, -0.2) is 51.8 Å². The molecule has 3 heterocycles. The lowest BCUT2D eigenvalue weighted by Gasteiger charge is -2.32. The Kier molecular flexibility index (Phi) is 5.74. The van der Waals surface area contributed by atoms with Gasteiger partial charge in [-0.05, 0) is 37.9 Å². The van der Waals surface area contributed by atoms with Crippen molar-refractivity contribution in [2.75, 3.05) is 20.1 Å². The highest BCUT2D eigenvalue weighted by atomic mass is 19.4. The van der Waals surface area contributed by atoms with Crippen LogP contribution in [0.3, 0.4) is 0 Å². The largest absolute Gasteiger partial charge is 0.417 e. The molecular formula is C19H24F3N5O. The Labute approximate surface area is 161 Å². The molecule has 9 heteroatoms. The summed E-state index contributed by atoms with van der Waals surface area (Å²) in [5.41, 5.74) is 0.287. The molecule has 1 fully saturated rings. The Morgan fingerprint density at radius 3 is 2.61 bits per heavy atom. The number of nitrogens with one attached hydrogen (secondary N) is 1. The number of nitrogens with zero attached hydrogens (tertiary/aromatic N) is 4. The van der Waals surface area contributed by atoms with Crippen LogP contribution in [0.1, 0.15) is 54.2 Å². The standard InChI is InChI=1S/C19H24F3N5O/c1-12(2)17-15(18(28)26-8-4-5-14(11-26)23-3)10-25-27(17)16-7-6-13(9-24-16)19(20,21)22/h6-7,9-10,12,14,23H,4-5,8,11H2,1-3H3. The molecule has 1 aliphatic rings. The number of halogens is 3. The Morgan fingerprint density at radius 1 is 1.29 bits per heavy atom. The van der Waals surface area contributed by atoms with Crippen LogP contribution < -0.4 is 5.32 Å². The van der Waals surface area contributed by atoms with Gasteiger partial charge in [-0.1, -0.05) is 13.8 Å². The number of likely N-dealkylation sites (N-methyl/N-ethyl adjacent to an activating group) is 1. The van der Waals surface area contributed by atoms with Crippen molar-refractivity contribution in [2.45, 2.75) is 44.8 Å². The minimum atomic E-state index is -4.45. The molecule has 0 saturated carbocycles. The number of pyridine rings is 1. The third-order valence-corrected chi connectivity index (χ3v) is 4.99. The fourth-order valence-electron chi connectivity index (χ4n) is 3.51. The topological polar surface area (TPSA) is 63.1 Å². The second-order valence-electron chi connectivity index (χ2n) is 7.29. The van der Waals surface area contributed by atoms with Crippen LogP contribution in [0.4, 0.5) is 13.2 Å². The smallest absolute Gasteiger partial charge is 0.337 e. The number of rotatable bonds is 4. The predicted octanol–water partition coefficient (Wildman–Crippen LogP) is 3.23. The van der Waals surface area contributed by atoms with Gasteiger partial charge in [-0.25, -0.2) is 9.67 Å². The highest BCUT2D eigenvalue weighted by molar-refractivity contribution is 5.95. The fourth-order valence-corrected chi connectivity index (χ4v) is 3.51. The molecule has 1 N–H and O–H groups in total. The van der Waals surface area contributed by atoms with E-state index in [1.807, 2.05) is 20.9 Å². The lowest BCUT2D eigenvalue weighted by atomic mass is 10.0. The Balaban J connectivity index is 1.93. The maximum Gasteiger partial charge on any atom is 0.417 e. The summed E-state index contributed by atoms with van der Waals surface area (Å²) in [5.74, 6) is 0.0831. The zero-order chi connectivity index (χ0) is 20.5. The van der Waals surface area contributed by atoms with Crippen molar-refractivity contribution < 1.29 is 18.0 Å². The van der Waals surface area contributed by atoms with E-state index in [0.717, 1.165) is 25.1 Å². The van der Waals surface area contributed by atoms with E-state index in [2.05, 4.69) is 15.4 Å². The summed E-state index contributed by atoms with van der Waals surface area (Å²) in [6.07, 6.45) is -0.241. The van der Waals surface area contributed by atoms with Gasteiger partial charge in [-0.2, -0.15) is 18.3 Å². The molecule has 1 unspecified atom stereocenters. The minimum absolute atomic E-state index is 0.0598. The number of alkyl halides is 3. The first-order chi connectivity index (χ1) is 13.2. The van der Waals surface area contributed by atoms with Crippen molar-refractivity contribution >= 4 is 5.91 Å². The number of carbonyl (C=O) groups is 1. The van der Waals surface area contributed by atoms with Crippen molar-refractivity contribution in [3.63, 3.8) is 0 Å². The van der Waals surface area contributed by atoms with Crippen LogP contribution in [0.15, 0.2) is 24.5 Å². The van der Waals surface area contributed by atoms with Gasteiger partial charge >= 0.3 is 6.18 Å². The van der Waals surface area contributed by atoms with E-state index in [-0.39, 0.29) is 23.7 Å². The van der Waals surface area contributed by atoms with Crippen molar-refractivity contribution in [1.29, 1.82) is 0 Å². The Hall–Kier alpha value is -2.42. The van der Waals surface area contributed by atoms with Crippen molar-refractivity contribution in [3.05, 3.63) is 41.3 Å². The molecule has 3 rings (SSSR count). The number of hydrogen-bond acceptors (Lipinski definition) is 4. The zero-order valence-electron chi connectivity index (χ0n) is 16.1. The number of aromatic nitrogens is 3. The maximum atomic E-state index is 13.1. The minimum Gasteiger partial charge on any atom is -0.337 e. The third kappa shape index (κ3) is 4.04. The van der Waals surface area contributed by atoms with Crippen LogP contribution in [0.2, 0.25) is 0 Å². The lowest BCUT2D eigenvalue weighted by Crippen LogP contribution is -2.47. The SMILES string of the molecule is CNC1CCCN(C(=O)c2cnn(-c3ccc(C(F)(F)F)cn3)c2C(C)C)C1. The van der Waals surface area contributed by atoms with E-state index >= 15 is 0 Å². The van der Waals surface area contributed by atoms with E-state index in [1.54, 1.807) is 4.90 Å². The molecule has 0 bridgehead atoms. The van der Waals surface area contributed by atoms with E-state index in [4.69, 9.17) is 0 Å². The van der Waals surface area contributed by atoms with Gasteiger partial charge in [0.25, 0.3) is 5.91 Å². The fraction of sp³-hybridized carbons (Fsp3) is 0.526. The molecule has 2 aromatic rings. The Bertz CT molecular complexity index is 829. The first kappa shape index (κ1) is 20.3. The molecule has 6 nitrogen and oxygen atoms in total. The maximum absolute atomic E-state index is 13.1. The van der Waals surface area contributed by atoms with Gasteiger partial charge in [-0.3, -0.25) is 4.79 Å². The predicted molar refractivity (Wildman–Crippen MR) is 98.4 cm³/mol. The van der Waals surface area contributed by atoms with Gasteiger partial charge in [0.2, 0.25) is 0 Å². The summed E-state index contributed by atoms with van der Waals surface area (Å²) in [7, 11) is 1.88. The van der Waals surface area contributed by atoms with Gasteiger partial charge in [0.15, 0.2) is 5.82 Å². The summed E-state index contributed by atoms with van der Waals surface area (Å²) in [6.45, 7) is 5.14. The normalized spacial score (nSPS) is 18.0. The number of likely N-dealkylation sites (tertiary alicyclic amines) is 1. The monoisotopic (exact) mass is 395 g/mol. The van der Waals surface area contributed by atoms with Crippen LogP contribution >= 0.6 is 0 Å². The highest BCUT2D eigenvalue weighted by Gasteiger charge is 2.32. The summed E-state index contributed by atoms with van der Waals surface area (Å²) >= 11 is 0. The first-order valence-corrected chi connectivity index (χ1v) is 9.30. The number of piperidine rings is 1. The van der Waals surface area contributed by atoms with Crippen LogP contribution in [-0.2, 0) is 6.18 Å². The molecule has 0 aromatic carbocycles. The van der Waals surface area contributed by atoms with E-state index < -0.39 is 11.7 Å². The highest BCUT2D eigenvalue weighted by Crippen LogP contribution is 2.30. The first-order valence-electron chi connectivity index (χ1n) is 9.30. The molecule has 0 radical (unpaired) electrons. The van der Waals surface area contributed by atoms with Crippen LogP contribution in [0.25, 0.3) is 5.82 Å². The molecular weight excluding hydrogens is 371 g/mol. The summed E-state index contributed by atoms with van der Waals surface area (Å²) in [6, 6.07) is 2.50. The molecule has 28 heavy (non-hydrogen) atoms. The van der Waals surface area contributed by atoms with Gasteiger partial charge in [0, 0.05) is 25.3 Å². The molecule has 1 atom stereocenters. The molecule has 152 valence electrons. The van der Waals surface area contributed by atoms with E-state index in [1.165, 1.54) is 16.9 Å². The summed E-state index contributed by atoms with van der Waals surface area (Å²) < 4.78 is 39.8.